The van der Waals surface area contributed by atoms with E-state index in [-0.39, 0.29) is 30.2 Å². The average molecular weight is 496 g/mol. The molecule has 3 rings (SSSR count). The predicted molar refractivity (Wildman–Crippen MR) is 135 cm³/mol. The number of carbonyl (C=O) groups excluding carboxylic acids is 2. The third-order valence-electron chi connectivity index (χ3n) is 5.57. The lowest BCUT2D eigenvalue weighted by Gasteiger charge is -2.28. The van der Waals surface area contributed by atoms with Gasteiger partial charge in [-0.15, -0.1) is 11.3 Å². The van der Waals surface area contributed by atoms with Crippen LogP contribution in [0.15, 0.2) is 66.0 Å². The van der Waals surface area contributed by atoms with Crippen LogP contribution in [0.3, 0.4) is 0 Å². The number of amides is 2. The number of ether oxygens (including phenoxy) is 1. The Morgan fingerprint density at radius 1 is 1.03 bits per heavy atom. The maximum absolute atomic E-state index is 13.5. The summed E-state index contributed by atoms with van der Waals surface area (Å²) in [5, 5.41) is 13.2. The molecule has 1 aromatic heterocycles. The summed E-state index contributed by atoms with van der Waals surface area (Å²) in [7, 11) is 1.57. The van der Waals surface area contributed by atoms with Gasteiger partial charge in [0.25, 0.3) is 11.6 Å². The van der Waals surface area contributed by atoms with Crippen molar-refractivity contribution >= 4 is 28.8 Å². The molecule has 35 heavy (non-hydrogen) atoms. The molecule has 0 unspecified atom stereocenters. The average Bonchev–Trinajstić information content (AvgIpc) is 3.27. The second-order valence-corrected chi connectivity index (χ2v) is 9.14. The van der Waals surface area contributed by atoms with Gasteiger partial charge in [0.15, 0.2) is 0 Å². The van der Waals surface area contributed by atoms with Crippen molar-refractivity contribution in [3.63, 3.8) is 0 Å². The fourth-order valence-corrected chi connectivity index (χ4v) is 4.55. The number of nitro groups is 1. The van der Waals surface area contributed by atoms with Crippen LogP contribution in [-0.4, -0.2) is 53.3 Å². The lowest BCUT2D eigenvalue weighted by atomic mass is 10.1. The first-order chi connectivity index (χ1) is 16.9. The zero-order chi connectivity index (χ0) is 25.2. The van der Waals surface area contributed by atoms with E-state index < -0.39 is 10.8 Å². The van der Waals surface area contributed by atoms with Gasteiger partial charge in [0, 0.05) is 49.4 Å². The van der Waals surface area contributed by atoms with E-state index in [2.05, 4.69) is 0 Å². The quantitative estimate of drug-likeness (QED) is 0.207. The number of hydrogen-bond donors (Lipinski definition) is 0. The molecule has 0 atom stereocenters. The van der Waals surface area contributed by atoms with E-state index in [1.54, 1.807) is 23.3 Å². The van der Waals surface area contributed by atoms with Crippen LogP contribution in [0.2, 0.25) is 0 Å². The van der Waals surface area contributed by atoms with Gasteiger partial charge in [-0.25, -0.2) is 0 Å². The summed E-state index contributed by atoms with van der Waals surface area (Å²) in [5.41, 5.74) is 2.11. The number of non-ortho nitro benzene ring substituents is 1. The number of carbonyl (C=O) groups is 2. The van der Waals surface area contributed by atoms with E-state index in [4.69, 9.17) is 4.74 Å². The molecule has 2 aromatic carbocycles. The van der Waals surface area contributed by atoms with Crippen molar-refractivity contribution in [2.45, 2.75) is 26.4 Å². The predicted octanol–water partition coefficient (Wildman–Crippen LogP) is 4.67. The Balaban J connectivity index is 1.83. The minimum atomic E-state index is -0.540. The highest BCUT2D eigenvalue weighted by molar-refractivity contribution is 7.10. The lowest BCUT2D eigenvalue weighted by molar-refractivity contribution is -0.384. The Labute approximate surface area is 208 Å². The third kappa shape index (κ3) is 7.46. The van der Waals surface area contributed by atoms with Crippen molar-refractivity contribution in [3.05, 3.63) is 97.7 Å². The third-order valence-corrected chi connectivity index (χ3v) is 6.57. The van der Waals surface area contributed by atoms with E-state index in [1.807, 2.05) is 48.7 Å². The molecular weight excluding hydrogens is 466 g/mol. The van der Waals surface area contributed by atoms with Gasteiger partial charge in [0.1, 0.15) is 6.54 Å². The number of aryl methyl sites for hydroxylation is 1. The largest absolute Gasteiger partial charge is 0.385 e. The van der Waals surface area contributed by atoms with Crippen molar-refractivity contribution in [3.8, 4) is 0 Å². The molecule has 0 bridgehead atoms. The molecule has 0 fully saturated rings. The number of nitro benzene ring substituents is 1. The maximum Gasteiger partial charge on any atom is 0.270 e. The van der Waals surface area contributed by atoms with E-state index in [0.717, 1.165) is 16.0 Å². The number of nitrogens with zero attached hydrogens (tertiary/aromatic N) is 3. The lowest BCUT2D eigenvalue weighted by Crippen LogP contribution is -2.43. The number of benzene rings is 2. The van der Waals surface area contributed by atoms with Gasteiger partial charge >= 0.3 is 0 Å². The summed E-state index contributed by atoms with van der Waals surface area (Å²) in [4.78, 5) is 41.8. The summed E-state index contributed by atoms with van der Waals surface area (Å²) in [5.74, 6) is -0.622. The molecule has 0 N–H and O–H groups in total. The Hall–Kier alpha value is -3.56. The van der Waals surface area contributed by atoms with Crippen LogP contribution in [0.25, 0.3) is 0 Å². The first-order valence-electron chi connectivity index (χ1n) is 11.3. The molecule has 0 saturated carbocycles. The van der Waals surface area contributed by atoms with Crippen molar-refractivity contribution in [2.75, 3.05) is 26.8 Å². The van der Waals surface area contributed by atoms with Crippen molar-refractivity contribution in [2.24, 2.45) is 0 Å². The van der Waals surface area contributed by atoms with Crippen LogP contribution in [0.1, 0.15) is 32.8 Å². The van der Waals surface area contributed by atoms with Gasteiger partial charge in [-0.2, -0.15) is 0 Å². The molecule has 0 aliphatic rings. The first kappa shape index (κ1) is 26.1. The number of hydrogen-bond acceptors (Lipinski definition) is 6. The molecule has 8 nitrogen and oxygen atoms in total. The standard InChI is InChI=1S/C26H29N3O5S/c1-20-12-15-35-24(20)18-28(17-21-8-4-3-5-9-21)25(30)19-27(13-7-14-34-2)26(31)22-10-6-11-23(16-22)29(32)33/h3-6,8-12,15-16H,7,13-14,17-19H2,1-2H3. The van der Waals surface area contributed by atoms with Gasteiger partial charge in [-0.05, 0) is 42.0 Å². The zero-order valence-electron chi connectivity index (χ0n) is 19.9. The molecule has 2 amide bonds. The number of thiophene rings is 1. The van der Waals surface area contributed by atoms with Gasteiger partial charge in [-0.1, -0.05) is 36.4 Å². The second kappa shape index (κ2) is 12.8. The second-order valence-electron chi connectivity index (χ2n) is 8.14. The fourth-order valence-electron chi connectivity index (χ4n) is 3.63. The van der Waals surface area contributed by atoms with Crippen molar-refractivity contribution in [1.82, 2.24) is 9.80 Å². The smallest absolute Gasteiger partial charge is 0.270 e. The van der Waals surface area contributed by atoms with Gasteiger partial charge in [-0.3, -0.25) is 19.7 Å². The number of methoxy groups -OCH3 is 1. The summed E-state index contributed by atoms with van der Waals surface area (Å²) < 4.78 is 5.12. The molecule has 3 aromatic rings. The maximum atomic E-state index is 13.5. The van der Waals surface area contributed by atoms with E-state index in [9.17, 15) is 19.7 Å². The van der Waals surface area contributed by atoms with Crippen molar-refractivity contribution in [1.29, 1.82) is 0 Å². The van der Waals surface area contributed by atoms with E-state index in [1.165, 1.54) is 29.2 Å². The highest BCUT2D eigenvalue weighted by Crippen LogP contribution is 2.20. The summed E-state index contributed by atoms with van der Waals surface area (Å²) >= 11 is 1.59. The molecule has 0 saturated heterocycles. The summed E-state index contributed by atoms with van der Waals surface area (Å²) in [6, 6.07) is 17.3. The van der Waals surface area contributed by atoms with Crippen LogP contribution in [0, 0.1) is 17.0 Å². The molecule has 0 aliphatic carbocycles. The Morgan fingerprint density at radius 3 is 2.46 bits per heavy atom. The van der Waals surface area contributed by atoms with E-state index >= 15 is 0 Å². The fraction of sp³-hybridized carbons (Fsp3) is 0.308. The van der Waals surface area contributed by atoms with Crippen LogP contribution >= 0.6 is 11.3 Å². The zero-order valence-corrected chi connectivity index (χ0v) is 20.7. The molecule has 0 aliphatic heterocycles. The Kier molecular flexibility index (Phi) is 9.51. The minimum Gasteiger partial charge on any atom is -0.385 e. The van der Waals surface area contributed by atoms with Gasteiger partial charge in [0.05, 0.1) is 11.5 Å². The SMILES string of the molecule is COCCCN(CC(=O)N(Cc1ccccc1)Cc1sccc1C)C(=O)c1cccc([N+](=O)[O-])c1. The number of rotatable bonds is 12. The molecule has 9 heteroatoms. The van der Waals surface area contributed by atoms with E-state index in [0.29, 0.717) is 26.1 Å². The van der Waals surface area contributed by atoms with Crippen LogP contribution in [0.4, 0.5) is 5.69 Å². The van der Waals surface area contributed by atoms with Gasteiger partial charge in [0.2, 0.25) is 5.91 Å². The molecule has 184 valence electrons. The topological polar surface area (TPSA) is 93.0 Å². The summed E-state index contributed by atoms with van der Waals surface area (Å²) in [6.45, 7) is 3.44. The van der Waals surface area contributed by atoms with Crippen LogP contribution in [0.5, 0.6) is 0 Å². The molecule has 0 radical (unpaired) electrons. The highest BCUT2D eigenvalue weighted by Gasteiger charge is 2.24. The molecular formula is C26H29N3O5S. The summed E-state index contributed by atoms with van der Waals surface area (Å²) in [6.07, 6.45) is 0.535. The highest BCUT2D eigenvalue weighted by atomic mass is 32.1. The van der Waals surface area contributed by atoms with Gasteiger partial charge < -0.3 is 14.5 Å². The first-order valence-corrected chi connectivity index (χ1v) is 12.1. The monoisotopic (exact) mass is 495 g/mol. The minimum absolute atomic E-state index is 0.136. The van der Waals surface area contributed by atoms with Crippen LogP contribution < -0.4 is 0 Å². The van der Waals surface area contributed by atoms with Crippen LogP contribution in [-0.2, 0) is 22.6 Å². The normalized spacial score (nSPS) is 10.7. The Bertz CT molecular complexity index is 1150. The molecule has 1 heterocycles. The Morgan fingerprint density at radius 2 is 1.80 bits per heavy atom. The van der Waals surface area contributed by atoms with Crippen molar-refractivity contribution < 1.29 is 19.2 Å². The molecule has 0 spiro atoms.